The molecule has 4 rings (SSSR count). The molecule has 30 heavy (non-hydrogen) atoms. The third-order valence-electron chi connectivity index (χ3n) is 4.12. The van der Waals surface area contributed by atoms with E-state index < -0.39 is 11.8 Å². The minimum Gasteiger partial charge on any atom is -0.450 e. The molecule has 0 aliphatic carbocycles. The summed E-state index contributed by atoms with van der Waals surface area (Å²) in [6, 6.07) is 17.5. The third kappa shape index (κ3) is 4.29. The Balaban J connectivity index is 1.61. The monoisotopic (exact) mass is 474 g/mol. The fourth-order valence-electron chi connectivity index (χ4n) is 2.74. The molecule has 0 radical (unpaired) electrons. The topological polar surface area (TPSA) is 62.6 Å². The lowest BCUT2D eigenvalue weighted by atomic mass is 10.1. The summed E-state index contributed by atoms with van der Waals surface area (Å²) in [4.78, 5) is 27.6. The Morgan fingerprint density at radius 2 is 1.73 bits per heavy atom. The van der Waals surface area contributed by atoms with Gasteiger partial charge in [0, 0.05) is 9.92 Å². The largest absolute Gasteiger partial charge is 0.450 e. The lowest BCUT2D eigenvalue weighted by molar-refractivity contribution is -0.122. The van der Waals surface area contributed by atoms with Crippen LogP contribution in [0.3, 0.4) is 0 Å². The zero-order chi connectivity index (χ0) is 21.3. The van der Waals surface area contributed by atoms with Crippen LogP contribution >= 0.6 is 47.2 Å². The molecular formula is C21H12Cl2N2O3S2. The first-order valence-corrected chi connectivity index (χ1v) is 10.6. The maximum Gasteiger partial charge on any atom is 0.270 e. The van der Waals surface area contributed by atoms with Gasteiger partial charge in [-0.2, -0.15) is 0 Å². The van der Waals surface area contributed by atoms with Gasteiger partial charge in [-0.3, -0.25) is 19.8 Å². The van der Waals surface area contributed by atoms with Crippen LogP contribution in [0.1, 0.15) is 5.76 Å². The molecule has 0 spiro atoms. The van der Waals surface area contributed by atoms with Crippen LogP contribution in [0.15, 0.2) is 80.6 Å². The van der Waals surface area contributed by atoms with Crippen LogP contribution in [0.2, 0.25) is 10.0 Å². The summed E-state index contributed by atoms with van der Waals surface area (Å²) < 4.78 is 5.75. The number of benzene rings is 2. The second-order valence-corrected chi connectivity index (χ2v) is 8.43. The first kappa shape index (κ1) is 20.7. The van der Waals surface area contributed by atoms with Crippen LogP contribution < -0.4 is 10.2 Å². The van der Waals surface area contributed by atoms with Crippen LogP contribution in [-0.4, -0.2) is 16.9 Å². The first-order valence-electron chi connectivity index (χ1n) is 8.61. The number of nitrogens with one attached hydrogen (secondary N) is 1. The van der Waals surface area contributed by atoms with Gasteiger partial charge in [0.15, 0.2) is 10.2 Å². The minimum atomic E-state index is -0.600. The molecule has 3 aromatic rings. The maximum atomic E-state index is 13.0. The Labute approximate surface area is 191 Å². The van der Waals surface area contributed by atoms with Gasteiger partial charge in [-0.25, -0.2) is 0 Å². The highest BCUT2D eigenvalue weighted by Gasteiger charge is 2.35. The maximum absolute atomic E-state index is 13.0. The highest BCUT2D eigenvalue weighted by molar-refractivity contribution is 7.99. The molecule has 1 aromatic heterocycles. The van der Waals surface area contributed by atoms with Crippen LogP contribution in [-0.2, 0) is 9.59 Å². The van der Waals surface area contributed by atoms with Gasteiger partial charge in [0.05, 0.1) is 10.7 Å². The molecule has 2 aromatic carbocycles. The summed E-state index contributed by atoms with van der Waals surface area (Å²) in [6.45, 7) is 0. The zero-order valence-corrected chi connectivity index (χ0v) is 18.2. The Hall–Kier alpha value is -2.58. The Bertz CT molecular complexity index is 1190. The lowest BCUT2D eigenvalue weighted by Crippen LogP contribution is -2.54. The lowest BCUT2D eigenvalue weighted by Gasteiger charge is -2.29. The molecule has 5 nitrogen and oxygen atoms in total. The van der Waals surface area contributed by atoms with Gasteiger partial charge in [0.1, 0.15) is 11.3 Å². The SMILES string of the molecule is O=C1NC(=S)N(c2ccccc2Cl)C(=O)/C1=C/c1ccc(Sc2ccc(Cl)cc2)o1. The van der Waals surface area contributed by atoms with E-state index in [2.05, 4.69) is 5.32 Å². The molecular weight excluding hydrogens is 463 g/mol. The molecule has 9 heteroatoms. The summed E-state index contributed by atoms with van der Waals surface area (Å²) in [7, 11) is 0. The fourth-order valence-corrected chi connectivity index (χ4v) is 4.14. The van der Waals surface area contributed by atoms with Crippen molar-refractivity contribution >= 4 is 75.9 Å². The fraction of sp³-hybridized carbons (Fsp3) is 0. The number of amides is 2. The van der Waals surface area contributed by atoms with E-state index in [0.29, 0.717) is 26.6 Å². The molecule has 0 unspecified atom stereocenters. The number of para-hydroxylation sites is 1. The minimum absolute atomic E-state index is 0.0336. The van der Waals surface area contributed by atoms with E-state index in [0.717, 1.165) is 4.90 Å². The molecule has 0 bridgehead atoms. The number of rotatable bonds is 4. The van der Waals surface area contributed by atoms with E-state index in [1.807, 2.05) is 12.1 Å². The summed E-state index contributed by atoms with van der Waals surface area (Å²) in [5, 5.41) is 4.07. The molecule has 1 aliphatic rings. The van der Waals surface area contributed by atoms with Gasteiger partial charge in [-0.1, -0.05) is 47.1 Å². The standard InChI is InChI=1S/C21H12Cl2N2O3S2/c22-12-5-8-14(9-6-12)30-18-10-7-13(28-18)11-15-19(26)24-21(29)25(20(15)27)17-4-2-1-3-16(17)23/h1-11H,(H,24,26,29)/b15-11+. The number of hydrogen-bond acceptors (Lipinski definition) is 5. The molecule has 2 heterocycles. The molecule has 150 valence electrons. The van der Waals surface area contributed by atoms with Crippen LogP contribution in [0.4, 0.5) is 5.69 Å². The molecule has 2 amide bonds. The summed E-state index contributed by atoms with van der Waals surface area (Å²) in [6.07, 6.45) is 1.38. The van der Waals surface area contributed by atoms with E-state index in [1.54, 1.807) is 48.5 Å². The Morgan fingerprint density at radius 3 is 2.47 bits per heavy atom. The highest BCUT2D eigenvalue weighted by atomic mass is 35.5. The summed E-state index contributed by atoms with van der Waals surface area (Å²) in [5.74, 6) is -0.825. The summed E-state index contributed by atoms with van der Waals surface area (Å²) in [5.41, 5.74) is 0.277. The van der Waals surface area contributed by atoms with Crippen molar-refractivity contribution in [1.82, 2.24) is 5.32 Å². The molecule has 1 aliphatic heterocycles. The van der Waals surface area contributed by atoms with E-state index in [4.69, 9.17) is 39.8 Å². The number of carbonyl (C=O) groups excluding carboxylic acids is 2. The highest BCUT2D eigenvalue weighted by Crippen LogP contribution is 2.32. The van der Waals surface area contributed by atoms with Crippen molar-refractivity contribution in [3.05, 3.63) is 82.0 Å². The summed E-state index contributed by atoms with van der Waals surface area (Å²) >= 11 is 18.7. The molecule has 1 saturated heterocycles. The van der Waals surface area contributed by atoms with E-state index in [-0.39, 0.29) is 10.7 Å². The van der Waals surface area contributed by atoms with Gasteiger partial charge >= 0.3 is 0 Å². The number of hydrogen-bond donors (Lipinski definition) is 1. The Morgan fingerprint density at radius 1 is 1.00 bits per heavy atom. The van der Waals surface area contributed by atoms with Crippen molar-refractivity contribution in [1.29, 1.82) is 0 Å². The van der Waals surface area contributed by atoms with Crippen LogP contribution in [0.5, 0.6) is 0 Å². The van der Waals surface area contributed by atoms with Crippen molar-refractivity contribution in [3.63, 3.8) is 0 Å². The second kappa shape index (κ2) is 8.65. The van der Waals surface area contributed by atoms with Gasteiger partial charge in [0.25, 0.3) is 11.8 Å². The van der Waals surface area contributed by atoms with Crippen molar-refractivity contribution in [2.45, 2.75) is 9.99 Å². The van der Waals surface area contributed by atoms with Gasteiger partial charge < -0.3 is 4.42 Å². The van der Waals surface area contributed by atoms with Crippen LogP contribution in [0, 0.1) is 0 Å². The third-order valence-corrected chi connectivity index (χ3v) is 5.90. The van der Waals surface area contributed by atoms with E-state index >= 15 is 0 Å². The number of carbonyl (C=O) groups is 2. The smallest absolute Gasteiger partial charge is 0.270 e. The number of thiocarbonyl (C=S) groups is 1. The average molecular weight is 475 g/mol. The zero-order valence-electron chi connectivity index (χ0n) is 15.1. The number of furan rings is 1. The molecule has 1 N–H and O–H groups in total. The molecule has 1 fully saturated rings. The van der Waals surface area contributed by atoms with Crippen molar-refractivity contribution < 1.29 is 14.0 Å². The van der Waals surface area contributed by atoms with Crippen LogP contribution in [0.25, 0.3) is 6.08 Å². The normalized spacial score (nSPS) is 15.6. The van der Waals surface area contributed by atoms with Gasteiger partial charge in [-0.15, -0.1) is 0 Å². The Kier molecular flexibility index (Phi) is 5.97. The van der Waals surface area contributed by atoms with Gasteiger partial charge in [0.2, 0.25) is 0 Å². The van der Waals surface area contributed by atoms with Crippen molar-refractivity contribution in [2.24, 2.45) is 0 Å². The predicted molar refractivity (Wildman–Crippen MR) is 122 cm³/mol. The van der Waals surface area contributed by atoms with Gasteiger partial charge in [-0.05, 0) is 66.8 Å². The van der Waals surface area contributed by atoms with E-state index in [9.17, 15) is 9.59 Å². The first-order chi connectivity index (χ1) is 14.4. The average Bonchev–Trinajstić information content (AvgIpc) is 3.15. The number of anilines is 1. The second-order valence-electron chi connectivity index (χ2n) is 6.12. The quantitative estimate of drug-likeness (QED) is 0.304. The number of halogens is 2. The molecule has 0 atom stereocenters. The van der Waals surface area contributed by atoms with Crippen molar-refractivity contribution in [3.8, 4) is 0 Å². The predicted octanol–water partition coefficient (Wildman–Crippen LogP) is 5.57. The van der Waals surface area contributed by atoms with Crippen molar-refractivity contribution in [2.75, 3.05) is 4.90 Å². The number of nitrogens with zero attached hydrogens (tertiary/aromatic N) is 1. The van der Waals surface area contributed by atoms with E-state index in [1.165, 1.54) is 22.7 Å². The molecule has 0 saturated carbocycles.